The zero-order valence-corrected chi connectivity index (χ0v) is 17.5. The molecule has 1 aromatic carbocycles. The highest BCUT2D eigenvalue weighted by atomic mass is 16.2. The number of piperidine rings is 1. The fourth-order valence-corrected chi connectivity index (χ4v) is 4.39. The maximum absolute atomic E-state index is 13.0. The summed E-state index contributed by atoms with van der Waals surface area (Å²) >= 11 is 0. The third-order valence-electron chi connectivity index (χ3n) is 5.70. The molecule has 1 saturated heterocycles. The van der Waals surface area contributed by atoms with E-state index >= 15 is 0 Å². The van der Waals surface area contributed by atoms with Gasteiger partial charge in [-0.15, -0.1) is 0 Å². The van der Waals surface area contributed by atoms with Gasteiger partial charge in [-0.05, 0) is 55.9 Å². The van der Waals surface area contributed by atoms with Crippen molar-refractivity contribution in [3.05, 3.63) is 45.2 Å². The van der Waals surface area contributed by atoms with Crippen molar-refractivity contribution in [3.63, 3.8) is 0 Å². The van der Waals surface area contributed by atoms with Crippen molar-refractivity contribution >= 4 is 29.3 Å². The van der Waals surface area contributed by atoms with Gasteiger partial charge in [0.05, 0.1) is 11.5 Å². The van der Waals surface area contributed by atoms with Crippen LogP contribution in [0.15, 0.2) is 23.0 Å². The Labute approximate surface area is 175 Å². The lowest BCUT2D eigenvalue weighted by Gasteiger charge is -2.32. The molecule has 4 rings (SSSR count). The van der Waals surface area contributed by atoms with E-state index < -0.39 is 5.92 Å². The zero-order valence-electron chi connectivity index (χ0n) is 17.5. The predicted molar refractivity (Wildman–Crippen MR) is 116 cm³/mol. The number of amides is 2. The molecular weight excluding hydrogens is 382 g/mol. The number of fused-ring (bicyclic) bond motifs is 1. The molecule has 2 aliphatic heterocycles. The number of hydrogen-bond acceptors (Lipinski definition) is 5. The molecule has 0 saturated carbocycles. The van der Waals surface area contributed by atoms with Crippen molar-refractivity contribution in [1.29, 1.82) is 0 Å². The normalized spacial score (nSPS) is 21.0. The standard InChI is InChI=1S/C22H27N5O3/c1-12-5-4-6-27(11-12)22-25-19-18(21(30)26-22)16(10-17(28)24-19)20(29)23-15-8-13(2)7-14(3)9-15/h7-9,12,16H,4-6,10-11H2,1-3H3,(H,23,29)(H2,24,25,26,28,30). The number of nitrogens with one attached hydrogen (secondary N) is 3. The summed E-state index contributed by atoms with van der Waals surface area (Å²) in [6.45, 7) is 7.66. The first-order valence-electron chi connectivity index (χ1n) is 10.4. The number of rotatable bonds is 3. The quantitative estimate of drug-likeness (QED) is 0.723. The highest BCUT2D eigenvalue weighted by Gasteiger charge is 2.35. The first-order valence-corrected chi connectivity index (χ1v) is 10.4. The van der Waals surface area contributed by atoms with E-state index in [1.54, 1.807) is 0 Å². The van der Waals surface area contributed by atoms with Crippen molar-refractivity contribution in [1.82, 2.24) is 9.97 Å². The van der Waals surface area contributed by atoms with E-state index in [9.17, 15) is 14.4 Å². The van der Waals surface area contributed by atoms with Crippen molar-refractivity contribution in [2.45, 2.75) is 46.0 Å². The van der Waals surface area contributed by atoms with E-state index in [1.807, 2.05) is 36.9 Å². The molecule has 3 heterocycles. The van der Waals surface area contributed by atoms with Crippen LogP contribution in [0.4, 0.5) is 17.5 Å². The maximum atomic E-state index is 13.0. The van der Waals surface area contributed by atoms with Gasteiger partial charge in [-0.3, -0.25) is 19.4 Å². The summed E-state index contributed by atoms with van der Waals surface area (Å²) in [4.78, 5) is 47.6. The van der Waals surface area contributed by atoms with E-state index in [0.717, 1.165) is 37.1 Å². The van der Waals surface area contributed by atoms with Gasteiger partial charge in [-0.1, -0.05) is 13.0 Å². The monoisotopic (exact) mass is 409 g/mol. The number of anilines is 3. The van der Waals surface area contributed by atoms with E-state index in [-0.39, 0.29) is 35.2 Å². The first-order chi connectivity index (χ1) is 14.3. The predicted octanol–water partition coefficient (Wildman–Crippen LogP) is 2.69. The Bertz CT molecular complexity index is 1040. The Morgan fingerprint density at radius 2 is 1.93 bits per heavy atom. The molecule has 30 heavy (non-hydrogen) atoms. The second-order valence-electron chi connectivity index (χ2n) is 8.52. The Kier molecular flexibility index (Phi) is 5.32. The van der Waals surface area contributed by atoms with Crippen molar-refractivity contribution in [2.75, 3.05) is 28.6 Å². The number of aryl methyl sites for hydroxylation is 2. The van der Waals surface area contributed by atoms with Gasteiger partial charge in [0.1, 0.15) is 5.82 Å². The number of nitrogens with zero attached hydrogens (tertiary/aromatic N) is 2. The average Bonchev–Trinajstić information content (AvgIpc) is 2.66. The largest absolute Gasteiger partial charge is 0.342 e. The maximum Gasteiger partial charge on any atom is 0.258 e. The van der Waals surface area contributed by atoms with Gasteiger partial charge >= 0.3 is 0 Å². The van der Waals surface area contributed by atoms with Crippen LogP contribution in [0.25, 0.3) is 0 Å². The lowest BCUT2D eigenvalue weighted by Crippen LogP contribution is -2.40. The van der Waals surface area contributed by atoms with Crippen LogP contribution in [0.5, 0.6) is 0 Å². The fourth-order valence-electron chi connectivity index (χ4n) is 4.39. The third-order valence-corrected chi connectivity index (χ3v) is 5.70. The Hall–Kier alpha value is -3.16. The van der Waals surface area contributed by atoms with Crippen LogP contribution in [0.2, 0.25) is 0 Å². The smallest absolute Gasteiger partial charge is 0.258 e. The Balaban J connectivity index is 1.65. The number of aromatic amines is 1. The molecule has 8 nitrogen and oxygen atoms in total. The van der Waals surface area contributed by atoms with E-state index in [1.165, 1.54) is 0 Å². The lowest BCUT2D eigenvalue weighted by atomic mass is 9.92. The zero-order chi connectivity index (χ0) is 21.4. The van der Waals surface area contributed by atoms with Crippen LogP contribution in [0, 0.1) is 19.8 Å². The first kappa shape index (κ1) is 20.1. The summed E-state index contributed by atoms with van der Waals surface area (Å²) in [5, 5.41) is 5.54. The van der Waals surface area contributed by atoms with Crippen molar-refractivity contribution in [2.24, 2.45) is 5.92 Å². The molecule has 0 radical (unpaired) electrons. The summed E-state index contributed by atoms with van der Waals surface area (Å²) in [6, 6.07) is 5.73. The van der Waals surface area contributed by atoms with Crippen LogP contribution >= 0.6 is 0 Å². The van der Waals surface area contributed by atoms with E-state index in [2.05, 4.69) is 27.5 Å². The topological polar surface area (TPSA) is 107 Å². The molecule has 0 aliphatic carbocycles. The lowest BCUT2D eigenvalue weighted by molar-refractivity contribution is -0.123. The molecule has 0 spiro atoms. The second-order valence-corrected chi connectivity index (χ2v) is 8.52. The third kappa shape index (κ3) is 4.08. The van der Waals surface area contributed by atoms with Crippen molar-refractivity contribution < 1.29 is 9.59 Å². The SMILES string of the molecule is Cc1cc(C)cc(NC(=O)C2CC(=O)Nc3nc(N4CCCC(C)C4)[nH]c(=O)c32)c1. The molecule has 2 aromatic rings. The van der Waals surface area contributed by atoms with Crippen LogP contribution < -0.4 is 21.1 Å². The highest BCUT2D eigenvalue weighted by molar-refractivity contribution is 6.04. The number of benzene rings is 1. The van der Waals surface area contributed by atoms with Gasteiger partial charge in [0.2, 0.25) is 17.8 Å². The summed E-state index contributed by atoms with van der Waals surface area (Å²) < 4.78 is 0. The number of aromatic nitrogens is 2. The fraction of sp³-hybridized carbons (Fsp3) is 0.455. The minimum atomic E-state index is -0.889. The molecule has 2 atom stereocenters. The van der Waals surface area contributed by atoms with Crippen LogP contribution in [0.1, 0.15) is 48.8 Å². The van der Waals surface area contributed by atoms with E-state index in [0.29, 0.717) is 17.6 Å². The Morgan fingerprint density at radius 3 is 2.63 bits per heavy atom. The van der Waals surface area contributed by atoms with Crippen LogP contribution in [0.3, 0.4) is 0 Å². The summed E-state index contributed by atoms with van der Waals surface area (Å²) in [5.41, 5.74) is 2.52. The second kappa shape index (κ2) is 7.93. The molecule has 1 aromatic heterocycles. The van der Waals surface area contributed by atoms with Gasteiger partial charge in [0, 0.05) is 25.2 Å². The molecule has 0 bridgehead atoms. The van der Waals surface area contributed by atoms with Gasteiger partial charge in [0.15, 0.2) is 0 Å². The van der Waals surface area contributed by atoms with Crippen LogP contribution in [-0.4, -0.2) is 34.9 Å². The molecule has 2 aliphatic rings. The minimum absolute atomic E-state index is 0.0888. The number of H-pyrrole nitrogens is 1. The average molecular weight is 409 g/mol. The molecule has 2 unspecified atom stereocenters. The molecule has 8 heteroatoms. The molecule has 2 amide bonds. The highest BCUT2D eigenvalue weighted by Crippen LogP contribution is 2.31. The molecule has 158 valence electrons. The Morgan fingerprint density at radius 1 is 1.20 bits per heavy atom. The number of carbonyl (C=O) groups is 2. The number of hydrogen-bond donors (Lipinski definition) is 3. The van der Waals surface area contributed by atoms with Crippen molar-refractivity contribution in [3.8, 4) is 0 Å². The molecular formula is C22H27N5O3. The summed E-state index contributed by atoms with van der Waals surface area (Å²) in [7, 11) is 0. The number of carbonyl (C=O) groups excluding carboxylic acids is 2. The van der Waals surface area contributed by atoms with Gasteiger partial charge in [-0.25, -0.2) is 0 Å². The van der Waals surface area contributed by atoms with Crippen LogP contribution in [-0.2, 0) is 9.59 Å². The van der Waals surface area contributed by atoms with Gasteiger partial charge < -0.3 is 15.5 Å². The summed E-state index contributed by atoms with van der Waals surface area (Å²) in [5.74, 6) is -0.460. The van der Waals surface area contributed by atoms with E-state index in [4.69, 9.17) is 0 Å². The summed E-state index contributed by atoms with van der Waals surface area (Å²) in [6.07, 6.45) is 2.08. The minimum Gasteiger partial charge on any atom is -0.342 e. The molecule has 1 fully saturated rings. The van der Waals surface area contributed by atoms with Gasteiger partial charge in [0.25, 0.3) is 5.56 Å². The van der Waals surface area contributed by atoms with Gasteiger partial charge in [-0.2, -0.15) is 4.98 Å². The molecule has 3 N–H and O–H groups in total.